The van der Waals surface area contributed by atoms with Gasteiger partial charge >= 0.3 is 0 Å². The van der Waals surface area contributed by atoms with Gasteiger partial charge in [-0.25, -0.2) is 0 Å². The number of benzene rings is 8. The van der Waals surface area contributed by atoms with Gasteiger partial charge in [0, 0.05) is 48.0 Å². The van der Waals surface area contributed by atoms with Gasteiger partial charge in [-0.05, 0) is 77.7 Å². The summed E-state index contributed by atoms with van der Waals surface area (Å²) in [7, 11) is -3.12. The molecule has 0 unspecified atom stereocenters. The van der Waals surface area contributed by atoms with Crippen molar-refractivity contribution in [2.24, 2.45) is 0 Å². The maximum Gasteiger partial charge on any atom is 0.171 e. The summed E-state index contributed by atoms with van der Waals surface area (Å²) < 4.78 is 15.2. The van der Waals surface area contributed by atoms with Gasteiger partial charge in [-0.15, -0.1) is 0 Å². The monoisotopic (exact) mass is 690 g/mol. The Hall–Kier alpha value is -5.80. The third kappa shape index (κ3) is 4.64. The highest BCUT2D eigenvalue weighted by Gasteiger charge is 2.35. The Labute approximate surface area is 301 Å². The van der Waals surface area contributed by atoms with E-state index in [-0.39, 0.29) is 0 Å². The lowest BCUT2D eigenvalue weighted by atomic mass is 9.89. The average Bonchev–Trinajstić information content (AvgIpc) is 3.21. The zero-order chi connectivity index (χ0) is 33.9. The summed E-state index contributed by atoms with van der Waals surface area (Å²) in [6, 6.07) is 65.4. The van der Waals surface area contributed by atoms with Crippen molar-refractivity contribution in [2.75, 3.05) is 9.80 Å². The first-order valence-corrected chi connectivity index (χ1v) is 19.7. The second-order valence-corrected chi connectivity index (χ2v) is 16.7. The molecule has 0 amide bonds. The smallest absolute Gasteiger partial charge is 0.171 e. The Morgan fingerprint density at radius 1 is 0.412 bits per heavy atom. The molecule has 8 aromatic rings. The van der Waals surface area contributed by atoms with Crippen LogP contribution in [-0.2, 0) is 4.57 Å². The van der Waals surface area contributed by atoms with Crippen molar-refractivity contribution < 1.29 is 4.57 Å². The molecule has 3 nitrogen and oxygen atoms in total. The molecule has 2 aliphatic rings. The fourth-order valence-electron chi connectivity index (χ4n) is 7.79. The van der Waals surface area contributed by atoms with Crippen molar-refractivity contribution in [1.29, 1.82) is 0 Å². The maximum absolute atomic E-state index is 15.2. The van der Waals surface area contributed by atoms with Crippen LogP contribution >= 0.6 is 18.9 Å². The van der Waals surface area contributed by atoms with Gasteiger partial charge in [0.1, 0.15) is 0 Å². The second-order valence-electron chi connectivity index (χ2n) is 12.9. The quantitative estimate of drug-likeness (QED) is 0.168. The molecule has 0 aromatic heterocycles. The minimum absolute atomic E-state index is 0.813. The lowest BCUT2D eigenvalue weighted by Crippen LogP contribution is -2.25. The number of para-hydroxylation sites is 2. The van der Waals surface area contributed by atoms with Crippen LogP contribution in [0.2, 0.25) is 0 Å². The van der Waals surface area contributed by atoms with Gasteiger partial charge in [-0.2, -0.15) is 0 Å². The lowest BCUT2D eigenvalue weighted by molar-refractivity contribution is 0.592. The van der Waals surface area contributed by atoms with E-state index in [1.54, 1.807) is 0 Å². The number of rotatable bonds is 5. The van der Waals surface area contributed by atoms with E-state index in [2.05, 4.69) is 137 Å². The van der Waals surface area contributed by atoms with E-state index >= 15 is 4.57 Å². The number of nitrogens with zero attached hydrogens (tertiary/aromatic N) is 2. The summed E-state index contributed by atoms with van der Waals surface area (Å²) in [5.41, 5.74) is 9.17. The van der Waals surface area contributed by atoms with Crippen LogP contribution in [0, 0.1) is 0 Å². The molecule has 0 spiro atoms. The van der Waals surface area contributed by atoms with Gasteiger partial charge in [0.25, 0.3) is 0 Å². The normalized spacial score (nSPS) is 13.0. The van der Waals surface area contributed by atoms with Gasteiger partial charge in [-0.1, -0.05) is 133 Å². The Morgan fingerprint density at radius 3 is 1.69 bits per heavy atom. The third-order valence-electron chi connectivity index (χ3n) is 10.0. The van der Waals surface area contributed by atoms with Gasteiger partial charge in [0.2, 0.25) is 0 Å². The largest absolute Gasteiger partial charge is 0.309 e. The van der Waals surface area contributed by atoms with Crippen LogP contribution in [0.3, 0.4) is 0 Å². The van der Waals surface area contributed by atoms with Crippen molar-refractivity contribution in [3.05, 3.63) is 188 Å². The minimum Gasteiger partial charge on any atom is -0.309 e. The van der Waals surface area contributed by atoms with Gasteiger partial charge in [0.05, 0.1) is 22.7 Å². The Morgan fingerprint density at radius 2 is 0.980 bits per heavy atom. The van der Waals surface area contributed by atoms with Crippen molar-refractivity contribution >= 4 is 79.7 Å². The van der Waals surface area contributed by atoms with E-state index in [4.69, 9.17) is 0 Å². The van der Waals surface area contributed by atoms with Crippen LogP contribution in [0.4, 0.5) is 34.1 Å². The van der Waals surface area contributed by atoms with E-state index in [9.17, 15) is 0 Å². The Kier molecular flexibility index (Phi) is 7.02. The molecule has 10 rings (SSSR count). The van der Waals surface area contributed by atoms with Crippen LogP contribution in [-0.4, -0.2) is 0 Å². The van der Waals surface area contributed by atoms with Crippen LogP contribution < -0.4 is 25.7 Å². The number of anilines is 6. The standard InChI is InChI=1S/C46H31N2OPS/c49-50(35-18-6-2-7-19-35,36-20-8-3-9-21-36)37-28-26-34(27-29-37)47-40-24-13-15-32-14-12-22-38(44(32)40)45-41(47)30-31-43-46(45)48(33-16-4-1-5-17-33)39-23-10-11-25-42(39)51-43/h1-31H. The molecule has 2 aliphatic heterocycles. The van der Waals surface area contributed by atoms with Crippen LogP contribution in [0.1, 0.15) is 0 Å². The highest BCUT2D eigenvalue weighted by molar-refractivity contribution is 7.99. The van der Waals surface area contributed by atoms with E-state index in [1.165, 1.54) is 43.1 Å². The molecule has 0 aliphatic carbocycles. The topological polar surface area (TPSA) is 23.6 Å². The van der Waals surface area contributed by atoms with E-state index in [0.717, 1.165) is 38.7 Å². The predicted octanol–water partition coefficient (Wildman–Crippen LogP) is 11.9. The molecule has 8 aromatic carbocycles. The molecular weight excluding hydrogens is 660 g/mol. The van der Waals surface area contributed by atoms with E-state index in [1.807, 2.05) is 72.4 Å². The van der Waals surface area contributed by atoms with Crippen LogP contribution in [0.5, 0.6) is 0 Å². The molecule has 0 N–H and O–H groups in total. The highest BCUT2D eigenvalue weighted by atomic mass is 32.2. The minimum atomic E-state index is -3.12. The molecule has 0 fully saturated rings. The molecule has 51 heavy (non-hydrogen) atoms. The first-order chi connectivity index (χ1) is 25.2. The van der Waals surface area contributed by atoms with Crippen LogP contribution in [0.15, 0.2) is 198 Å². The predicted molar refractivity (Wildman–Crippen MR) is 216 cm³/mol. The van der Waals surface area contributed by atoms with E-state index in [0.29, 0.717) is 0 Å². The lowest BCUT2D eigenvalue weighted by Gasteiger charge is -2.40. The van der Waals surface area contributed by atoms with Gasteiger partial charge in [0.15, 0.2) is 7.14 Å². The van der Waals surface area contributed by atoms with E-state index < -0.39 is 7.14 Å². The first-order valence-electron chi connectivity index (χ1n) is 17.1. The fraction of sp³-hybridized carbons (Fsp3) is 0. The summed E-state index contributed by atoms with van der Waals surface area (Å²) in [5.74, 6) is 0. The summed E-state index contributed by atoms with van der Waals surface area (Å²) >= 11 is 1.83. The molecule has 0 saturated heterocycles. The third-order valence-corrected chi connectivity index (χ3v) is 14.2. The van der Waals surface area contributed by atoms with Gasteiger partial charge < -0.3 is 14.4 Å². The molecule has 0 radical (unpaired) electrons. The molecule has 5 heteroatoms. The fourth-order valence-corrected chi connectivity index (χ4v) is 11.5. The molecule has 0 atom stereocenters. The van der Waals surface area contributed by atoms with Crippen molar-refractivity contribution in [2.45, 2.75) is 9.79 Å². The molecule has 2 heterocycles. The van der Waals surface area contributed by atoms with Crippen LogP contribution in [0.25, 0.3) is 21.9 Å². The average molecular weight is 691 g/mol. The highest BCUT2D eigenvalue weighted by Crippen LogP contribution is 2.61. The zero-order valence-corrected chi connectivity index (χ0v) is 29.3. The zero-order valence-electron chi connectivity index (χ0n) is 27.6. The Bertz CT molecular complexity index is 2600. The SMILES string of the molecule is O=P(c1ccccc1)(c1ccccc1)c1ccc(N2c3ccc4c(c3-c3cccc5cccc2c35)N(c2ccccc2)c2ccccc2S4)cc1. The molecular formula is C46H31N2OPS. The maximum atomic E-state index is 15.2. The number of hydrogen-bond donors (Lipinski definition) is 0. The Balaban J connectivity index is 1.21. The van der Waals surface area contributed by atoms with Gasteiger partial charge in [-0.3, -0.25) is 0 Å². The number of fused-ring (bicyclic) bond motifs is 5. The molecule has 0 saturated carbocycles. The molecule has 242 valence electrons. The summed E-state index contributed by atoms with van der Waals surface area (Å²) in [6.45, 7) is 0. The second kappa shape index (κ2) is 11.9. The summed E-state index contributed by atoms with van der Waals surface area (Å²) in [5, 5.41) is 4.89. The summed E-state index contributed by atoms with van der Waals surface area (Å²) in [6.07, 6.45) is 0. The van der Waals surface area contributed by atoms with Crippen molar-refractivity contribution in [3.63, 3.8) is 0 Å². The summed E-state index contributed by atoms with van der Waals surface area (Å²) in [4.78, 5) is 7.27. The number of hydrogen-bond acceptors (Lipinski definition) is 4. The first kappa shape index (κ1) is 30.1. The molecule has 0 bridgehead atoms. The van der Waals surface area contributed by atoms with Crippen molar-refractivity contribution in [1.82, 2.24) is 0 Å². The van der Waals surface area contributed by atoms with Crippen molar-refractivity contribution in [3.8, 4) is 11.1 Å².